The Morgan fingerprint density at radius 3 is 2.90 bits per heavy atom. The summed E-state index contributed by atoms with van der Waals surface area (Å²) >= 11 is 0. The van der Waals surface area contributed by atoms with Crippen molar-refractivity contribution in [3.05, 3.63) is 54.0 Å². The second-order valence-corrected chi connectivity index (χ2v) is 5.24. The van der Waals surface area contributed by atoms with E-state index in [0.717, 1.165) is 31.1 Å². The monoisotopic (exact) mass is 268 g/mol. The van der Waals surface area contributed by atoms with Crippen molar-refractivity contribution in [1.29, 1.82) is 0 Å². The van der Waals surface area contributed by atoms with Gasteiger partial charge in [-0.1, -0.05) is 30.3 Å². The van der Waals surface area contributed by atoms with Crippen LogP contribution in [-0.4, -0.2) is 30.1 Å². The molecule has 1 saturated heterocycles. The van der Waals surface area contributed by atoms with Crippen LogP contribution in [0, 0.1) is 0 Å². The average Bonchev–Trinajstić information content (AvgIpc) is 2.99. The Bertz CT molecular complexity index is 555. The molecule has 1 fully saturated rings. The minimum atomic E-state index is 0.603. The lowest BCUT2D eigenvalue weighted by molar-refractivity contribution is 0.766. The van der Waals surface area contributed by atoms with Gasteiger partial charge in [-0.3, -0.25) is 4.98 Å². The summed E-state index contributed by atoms with van der Waals surface area (Å²) in [7, 11) is 1.93. The molecule has 3 rings (SSSR count). The SMILES string of the molecule is CNCc1cncc(N2CCC(c3ccccc3)C2)n1. The summed E-state index contributed by atoms with van der Waals surface area (Å²) in [6.45, 7) is 2.84. The van der Waals surface area contributed by atoms with Crippen molar-refractivity contribution in [3.63, 3.8) is 0 Å². The van der Waals surface area contributed by atoms with E-state index in [4.69, 9.17) is 0 Å². The number of benzene rings is 1. The molecule has 4 nitrogen and oxygen atoms in total. The fourth-order valence-electron chi connectivity index (χ4n) is 2.78. The van der Waals surface area contributed by atoms with Crippen LogP contribution >= 0.6 is 0 Å². The number of nitrogens with one attached hydrogen (secondary N) is 1. The number of aromatic nitrogens is 2. The molecular weight excluding hydrogens is 248 g/mol. The van der Waals surface area contributed by atoms with Crippen molar-refractivity contribution in [3.8, 4) is 0 Å². The summed E-state index contributed by atoms with van der Waals surface area (Å²) in [5, 5.41) is 3.12. The van der Waals surface area contributed by atoms with E-state index in [2.05, 4.69) is 50.5 Å². The molecule has 1 aliphatic heterocycles. The largest absolute Gasteiger partial charge is 0.355 e. The van der Waals surface area contributed by atoms with Crippen molar-refractivity contribution in [2.75, 3.05) is 25.0 Å². The highest BCUT2D eigenvalue weighted by atomic mass is 15.2. The van der Waals surface area contributed by atoms with Crippen LogP contribution in [0.25, 0.3) is 0 Å². The van der Waals surface area contributed by atoms with Gasteiger partial charge in [0.25, 0.3) is 0 Å². The lowest BCUT2D eigenvalue weighted by Crippen LogP contribution is -2.21. The molecule has 4 heteroatoms. The molecular formula is C16H20N4. The first-order valence-electron chi connectivity index (χ1n) is 7.12. The predicted octanol–water partition coefficient (Wildman–Crippen LogP) is 2.19. The van der Waals surface area contributed by atoms with Gasteiger partial charge in [0.2, 0.25) is 0 Å². The molecule has 1 aliphatic rings. The maximum Gasteiger partial charge on any atom is 0.147 e. The Balaban J connectivity index is 1.72. The molecule has 0 radical (unpaired) electrons. The van der Waals surface area contributed by atoms with Crippen LogP contribution in [0.1, 0.15) is 23.6 Å². The summed E-state index contributed by atoms with van der Waals surface area (Å²) < 4.78 is 0. The maximum absolute atomic E-state index is 4.67. The van der Waals surface area contributed by atoms with Gasteiger partial charge >= 0.3 is 0 Å². The van der Waals surface area contributed by atoms with Crippen molar-refractivity contribution >= 4 is 5.82 Å². The van der Waals surface area contributed by atoms with Crippen molar-refractivity contribution in [2.45, 2.75) is 18.9 Å². The van der Waals surface area contributed by atoms with Gasteiger partial charge in [0.1, 0.15) is 5.82 Å². The lowest BCUT2D eigenvalue weighted by atomic mass is 9.99. The fourth-order valence-corrected chi connectivity index (χ4v) is 2.78. The van der Waals surface area contributed by atoms with Crippen LogP contribution < -0.4 is 10.2 Å². The van der Waals surface area contributed by atoms with Crippen LogP contribution in [0.2, 0.25) is 0 Å². The normalized spacial score (nSPS) is 18.4. The smallest absolute Gasteiger partial charge is 0.147 e. The molecule has 1 aromatic carbocycles. The zero-order valence-corrected chi connectivity index (χ0v) is 11.8. The molecule has 1 unspecified atom stereocenters. The van der Waals surface area contributed by atoms with E-state index in [9.17, 15) is 0 Å². The zero-order valence-electron chi connectivity index (χ0n) is 11.8. The molecule has 104 valence electrons. The second kappa shape index (κ2) is 6.01. The van der Waals surface area contributed by atoms with E-state index in [-0.39, 0.29) is 0 Å². The van der Waals surface area contributed by atoms with E-state index in [1.165, 1.54) is 12.0 Å². The van der Waals surface area contributed by atoms with Crippen LogP contribution in [0.15, 0.2) is 42.7 Å². The van der Waals surface area contributed by atoms with Gasteiger partial charge in [0.15, 0.2) is 0 Å². The van der Waals surface area contributed by atoms with Gasteiger partial charge in [0, 0.05) is 31.7 Å². The van der Waals surface area contributed by atoms with Crippen molar-refractivity contribution in [2.24, 2.45) is 0 Å². The minimum absolute atomic E-state index is 0.603. The number of rotatable bonds is 4. The van der Waals surface area contributed by atoms with Crippen LogP contribution in [0.5, 0.6) is 0 Å². The molecule has 2 aromatic rings. The molecule has 0 amide bonds. The van der Waals surface area contributed by atoms with Gasteiger partial charge in [-0.05, 0) is 19.0 Å². The average molecular weight is 268 g/mol. The Kier molecular flexibility index (Phi) is 3.92. The zero-order chi connectivity index (χ0) is 13.8. The third kappa shape index (κ3) is 2.80. The fraction of sp³-hybridized carbons (Fsp3) is 0.375. The molecule has 20 heavy (non-hydrogen) atoms. The number of hydrogen-bond donors (Lipinski definition) is 1. The molecule has 1 aromatic heterocycles. The summed E-state index contributed by atoms with van der Waals surface area (Å²) in [5.41, 5.74) is 2.42. The first-order chi connectivity index (χ1) is 9.86. The van der Waals surface area contributed by atoms with Crippen LogP contribution in [0.4, 0.5) is 5.82 Å². The molecule has 1 atom stereocenters. The molecule has 1 N–H and O–H groups in total. The van der Waals surface area contributed by atoms with Gasteiger partial charge in [-0.2, -0.15) is 0 Å². The highest BCUT2D eigenvalue weighted by Crippen LogP contribution is 2.29. The highest BCUT2D eigenvalue weighted by Gasteiger charge is 2.24. The topological polar surface area (TPSA) is 41.1 Å². The van der Waals surface area contributed by atoms with Gasteiger partial charge in [-0.25, -0.2) is 4.98 Å². The van der Waals surface area contributed by atoms with Crippen LogP contribution in [-0.2, 0) is 6.54 Å². The van der Waals surface area contributed by atoms with E-state index in [1.54, 1.807) is 0 Å². The number of anilines is 1. The Labute approximate surface area is 119 Å². The Morgan fingerprint density at radius 1 is 1.25 bits per heavy atom. The molecule has 0 spiro atoms. The third-order valence-electron chi connectivity index (χ3n) is 3.81. The lowest BCUT2D eigenvalue weighted by Gasteiger charge is -2.18. The molecule has 0 aliphatic carbocycles. The van der Waals surface area contributed by atoms with E-state index in [0.29, 0.717) is 5.92 Å². The number of hydrogen-bond acceptors (Lipinski definition) is 4. The van der Waals surface area contributed by atoms with Gasteiger partial charge in [0.05, 0.1) is 11.9 Å². The summed E-state index contributed by atoms with van der Waals surface area (Å²) in [4.78, 5) is 11.3. The third-order valence-corrected chi connectivity index (χ3v) is 3.81. The second-order valence-electron chi connectivity index (χ2n) is 5.24. The summed E-state index contributed by atoms with van der Waals surface area (Å²) in [5.74, 6) is 1.60. The standard InChI is InChI=1S/C16H20N4/c1-17-9-15-10-18-11-16(19-15)20-8-7-14(12-20)13-5-3-2-4-6-13/h2-6,10-11,14,17H,7-9,12H2,1H3. The van der Waals surface area contributed by atoms with E-state index < -0.39 is 0 Å². The molecule has 0 saturated carbocycles. The summed E-state index contributed by atoms with van der Waals surface area (Å²) in [6.07, 6.45) is 4.87. The molecule has 2 heterocycles. The Morgan fingerprint density at radius 2 is 2.10 bits per heavy atom. The van der Waals surface area contributed by atoms with E-state index in [1.807, 2.05) is 19.4 Å². The van der Waals surface area contributed by atoms with Crippen molar-refractivity contribution in [1.82, 2.24) is 15.3 Å². The Hall–Kier alpha value is -1.94. The minimum Gasteiger partial charge on any atom is -0.355 e. The molecule has 0 bridgehead atoms. The van der Waals surface area contributed by atoms with Crippen LogP contribution in [0.3, 0.4) is 0 Å². The maximum atomic E-state index is 4.67. The number of nitrogens with zero attached hydrogens (tertiary/aromatic N) is 3. The van der Waals surface area contributed by atoms with Crippen molar-refractivity contribution < 1.29 is 0 Å². The van der Waals surface area contributed by atoms with Gasteiger partial charge in [-0.15, -0.1) is 0 Å². The van der Waals surface area contributed by atoms with E-state index >= 15 is 0 Å². The highest BCUT2D eigenvalue weighted by molar-refractivity contribution is 5.40. The first-order valence-corrected chi connectivity index (χ1v) is 7.12. The quantitative estimate of drug-likeness (QED) is 0.923. The van der Waals surface area contributed by atoms with Gasteiger partial charge < -0.3 is 10.2 Å². The first kappa shape index (κ1) is 13.1. The summed E-state index contributed by atoms with van der Waals surface area (Å²) in [6, 6.07) is 10.7. The predicted molar refractivity (Wildman–Crippen MR) is 80.8 cm³/mol.